The van der Waals surface area contributed by atoms with Crippen molar-refractivity contribution in [2.45, 2.75) is 19.4 Å². The topological polar surface area (TPSA) is 78.5 Å². The van der Waals surface area contributed by atoms with Gasteiger partial charge in [-0.05, 0) is 31.0 Å². The Labute approximate surface area is 134 Å². The van der Waals surface area contributed by atoms with Gasteiger partial charge in [0.25, 0.3) is 5.91 Å². The summed E-state index contributed by atoms with van der Waals surface area (Å²) in [5, 5.41) is 13.6. The predicted octanol–water partition coefficient (Wildman–Crippen LogP) is 0.851. The number of hydrogen-bond acceptors (Lipinski definition) is 4. The third-order valence-electron chi connectivity index (χ3n) is 3.29. The molecule has 1 atom stereocenters. The number of carboxylic acids is 1. The van der Waals surface area contributed by atoms with Gasteiger partial charge in [-0.2, -0.15) is 0 Å². The quantitative estimate of drug-likeness (QED) is 0.822. The molecule has 23 heavy (non-hydrogen) atoms. The fourth-order valence-corrected chi connectivity index (χ4v) is 2.06. The lowest BCUT2D eigenvalue weighted by atomic mass is 10.1. The molecule has 0 radical (unpaired) electrons. The summed E-state index contributed by atoms with van der Waals surface area (Å²) in [5.74, 6) is -1.27. The van der Waals surface area contributed by atoms with Gasteiger partial charge in [0.05, 0.1) is 12.0 Å². The van der Waals surface area contributed by atoms with Crippen LogP contribution in [-0.2, 0) is 16.0 Å². The number of benzene rings is 2. The van der Waals surface area contributed by atoms with Crippen molar-refractivity contribution in [1.29, 1.82) is 0 Å². The zero-order valence-electron chi connectivity index (χ0n) is 12.8. The van der Waals surface area contributed by atoms with Crippen LogP contribution < -0.4 is 15.2 Å². The van der Waals surface area contributed by atoms with Crippen molar-refractivity contribution in [2.24, 2.45) is 0 Å². The van der Waals surface area contributed by atoms with Crippen LogP contribution in [0.1, 0.15) is 11.1 Å². The minimum atomic E-state index is -1.32. The first kappa shape index (κ1) is 16.5. The maximum absolute atomic E-state index is 11.9. The molecule has 0 aliphatic heterocycles. The monoisotopic (exact) mass is 312 g/mol. The second kappa shape index (κ2) is 7.98. The van der Waals surface area contributed by atoms with Crippen molar-refractivity contribution in [3.8, 4) is 5.75 Å². The van der Waals surface area contributed by atoms with E-state index in [9.17, 15) is 14.7 Å². The van der Waals surface area contributed by atoms with E-state index in [-0.39, 0.29) is 13.0 Å². The van der Waals surface area contributed by atoms with Crippen LogP contribution in [-0.4, -0.2) is 24.5 Å². The average molecular weight is 312 g/mol. The zero-order valence-corrected chi connectivity index (χ0v) is 12.8. The molecule has 2 aromatic rings. The molecule has 0 aliphatic carbocycles. The fraction of sp³-hybridized carbons (Fsp3) is 0.222. The predicted molar refractivity (Wildman–Crippen MR) is 83.8 cm³/mol. The van der Waals surface area contributed by atoms with Gasteiger partial charge < -0.3 is 20.0 Å². The Balaban J connectivity index is 1.88. The van der Waals surface area contributed by atoms with Crippen LogP contribution in [0.4, 0.5) is 0 Å². The number of hydrogen-bond donors (Lipinski definition) is 1. The minimum Gasteiger partial charge on any atom is -0.548 e. The summed E-state index contributed by atoms with van der Waals surface area (Å²) in [4.78, 5) is 23.0. The van der Waals surface area contributed by atoms with Crippen molar-refractivity contribution in [2.75, 3.05) is 6.61 Å². The Kier molecular flexibility index (Phi) is 5.74. The molecule has 120 valence electrons. The van der Waals surface area contributed by atoms with Gasteiger partial charge in [-0.3, -0.25) is 4.79 Å². The van der Waals surface area contributed by atoms with E-state index in [1.54, 1.807) is 24.3 Å². The lowest BCUT2D eigenvalue weighted by molar-refractivity contribution is -0.308. The molecule has 0 unspecified atom stereocenters. The van der Waals surface area contributed by atoms with Crippen LogP contribution >= 0.6 is 0 Å². The van der Waals surface area contributed by atoms with Crippen molar-refractivity contribution >= 4 is 11.9 Å². The summed E-state index contributed by atoms with van der Waals surface area (Å²) in [5.41, 5.74) is 1.89. The van der Waals surface area contributed by atoms with Crippen molar-refractivity contribution in [3.63, 3.8) is 0 Å². The van der Waals surface area contributed by atoms with Crippen molar-refractivity contribution < 1.29 is 19.4 Å². The Morgan fingerprint density at radius 3 is 2.35 bits per heavy atom. The number of carbonyl (C=O) groups excluding carboxylic acids is 2. The Hall–Kier alpha value is -2.82. The molecule has 0 aliphatic rings. The molecule has 0 heterocycles. The largest absolute Gasteiger partial charge is 0.548 e. The SMILES string of the molecule is Cc1ccc(OCC(=O)N[C@@H](Cc2ccccc2)C(=O)[O-])cc1. The molecule has 0 bridgehead atoms. The molecule has 0 aromatic heterocycles. The summed E-state index contributed by atoms with van der Waals surface area (Å²) >= 11 is 0. The molecular formula is C18H18NO4-. The van der Waals surface area contributed by atoms with E-state index >= 15 is 0 Å². The third-order valence-corrected chi connectivity index (χ3v) is 3.29. The summed E-state index contributed by atoms with van der Waals surface area (Å²) in [6.07, 6.45) is 0.166. The van der Waals surface area contributed by atoms with Gasteiger partial charge in [0, 0.05) is 0 Å². The number of carbonyl (C=O) groups is 2. The molecule has 0 fully saturated rings. The first-order chi connectivity index (χ1) is 11.0. The van der Waals surface area contributed by atoms with E-state index in [0.717, 1.165) is 11.1 Å². The zero-order chi connectivity index (χ0) is 16.7. The highest BCUT2D eigenvalue weighted by atomic mass is 16.5. The molecule has 2 rings (SSSR count). The fourth-order valence-electron chi connectivity index (χ4n) is 2.06. The van der Waals surface area contributed by atoms with E-state index in [2.05, 4.69) is 5.32 Å². The number of rotatable bonds is 7. The smallest absolute Gasteiger partial charge is 0.258 e. The van der Waals surface area contributed by atoms with Crippen molar-refractivity contribution in [3.05, 3.63) is 65.7 Å². The lowest BCUT2D eigenvalue weighted by Crippen LogP contribution is -2.50. The van der Waals surface area contributed by atoms with E-state index in [0.29, 0.717) is 5.75 Å². The van der Waals surface area contributed by atoms with Gasteiger partial charge in [-0.15, -0.1) is 0 Å². The molecule has 5 nitrogen and oxygen atoms in total. The van der Waals surface area contributed by atoms with Gasteiger partial charge in [0.2, 0.25) is 0 Å². The molecule has 1 N–H and O–H groups in total. The first-order valence-electron chi connectivity index (χ1n) is 7.28. The van der Waals surface area contributed by atoms with Crippen LogP contribution in [0.5, 0.6) is 5.75 Å². The Bertz CT molecular complexity index is 652. The lowest BCUT2D eigenvalue weighted by Gasteiger charge is -2.20. The standard InChI is InChI=1S/C18H19NO4/c1-13-7-9-15(10-8-13)23-12-17(20)19-16(18(21)22)11-14-5-3-2-4-6-14/h2-10,16H,11-12H2,1H3,(H,19,20)(H,21,22)/p-1/t16-/m0/s1. The van der Waals surface area contributed by atoms with Gasteiger partial charge in [-0.25, -0.2) is 0 Å². The first-order valence-corrected chi connectivity index (χ1v) is 7.28. The average Bonchev–Trinajstić information content (AvgIpc) is 2.54. The van der Waals surface area contributed by atoms with E-state index < -0.39 is 17.9 Å². The van der Waals surface area contributed by atoms with E-state index in [4.69, 9.17) is 4.74 Å². The molecule has 5 heteroatoms. The Morgan fingerprint density at radius 2 is 1.74 bits per heavy atom. The van der Waals surface area contributed by atoms with Crippen LogP contribution in [0, 0.1) is 6.92 Å². The van der Waals surface area contributed by atoms with Crippen molar-refractivity contribution in [1.82, 2.24) is 5.32 Å². The highest BCUT2D eigenvalue weighted by Gasteiger charge is 2.14. The maximum Gasteiger partial charge on any atom is 0.258 e. The molecule has 0 spiro atoms. The number of amides is 1. The van der Waals surface area contributed by atoms with Gasteiger partial charge >= 0.3 is 0 Å². The number of ether oxygens (including phenoxy) is 1. The third kappa shape index (κ3) is 5.47. The summed E-state index contributed by atoms with van der Waals surface area (Å²) in [7, 11) is 0. The summed E-state index contributed by atoms with van der Waals surface area (Å²) in [6, 6.07) is 15.2. The summed E-state index contributed by atoms with van der Waals surface area (Å²) in [6.45, 7) is 1.70. The van der Waals surface area contributed by atoms with Gasteiger partial charge in [0.15, 0.2) is 6.61 Å². The van der Waals surface area contributed by atoms with Crippen LogP contribution in [0.25, 0.3) is 0 Å². The second-order valence-electron chi connectivity index (χ2n) is 5.23. The minimum absolute atomic E-state index is 0.166. The molecule has 0 saturated carbocycles. The highest BCUT2D eigenvalue weighted by Crippen LogP contribution is 2.11. The van der Waals surface area contributed by atoms with Crippen LogP contribution in [0.2, 0.25) is 0 Å². The molecule has 1 amide bonds. The van der Waals surface area contributed by atoms with Gasteiger partial charge in [-0.1, -0.05) is 48.0 Å². The molecular weight excluding hydrogens is 294 g/mol. The Morgan fingerprint density at radius 1 is 1.09 bits per heavy atom. The summed E-state index contributed by atoms with van der Waals surface area (Å²) < 4.78 is 5.33. The van der Waals surface area contributed by atoms with Crippen LogP contribution in [0.3, 0.4) is 0 Å². The normalized spacial score (nSPS) is 11.5. The number of nitrogens with one attached hydrogen (secondary N) is 1. The number of aryl methyl sites for hydroxylation is 1. The number of carboxylic acid groups (broad SMARTS) is 1. The van der Waals surface area contributed by atoms with E-state index in [1.807, 2.05) is 37.3 Å². The maximum atomic E-state index is 11.9. The van der Waals surface area contributed by atoms with Crippen LogP contribution in [0.15, 0.2) is 54.6 Å². The number of aliphatic carboxylic acids is 1. The second-order valence-corrected chi connectivity index (χ2v) is 5.23. The van der Waals surface area contributed by atoms with Gasteiger partial charge in [0.1, 0.15) is 5.75 Å². The highest BCUT2D eigenvalue weighted by molar-refractivity contribution is 5.83. The van der Waals surface area contributed by atoms with E-state index in [1.165, 1.54) is 0 Å². The molecule has 2 aromatic carbocycles. The molecule has 0 saturated heterocycles.